The van der Waals surface area contributed by atoms with Gasteiger partial charge >= 0.3 is 12.2 Å². The standard InChI is InChI=1S/C26H36N6O5/c1-8-35-16-20-29-19-15-28-18-12-10-9-11-17(18)21(19)32(20)14-13-27-22(30-23(33)36-25(2,3)4)31-24(34)37-26(5,6)7/h9-12,15H,8,13-14,16H2,1-7H3,(H2,27,30,31,33,34). The van der Waals surface area contributed by atoms with E-state index in [-0.39, 0.29) is 5.96 Å². The minimum absolute atomic E-state index is 0.0780. The molecule has 0 aliphatic carbocycles. The molecule has 2 heterocycles. The lowest BCUT2D eigenvalue weighted by molar-refractivity contribution is 0.0560. The predicted octanol–water partition coefficient (Wildman–Crippen LogP) is 4.53. The summed E-state index contributed by atoms with van der Waals surface area (Å²) in [7, 11) is 0. The normalized spacial score (nSPS) is 12.6. The van der Waals surface area contributed by atoms with Crippen LogP contribution in [0.3, 0.4) is 0 Å². The number of pyridine rings is 1. The number of carbonyl (C=O) groups is 2. The summed E-state index contributed by atoms with van der Waals surface area (Å²) in [6.45, 7) is 14.0. The number of rotatable bonds is 6. The van der Waals surface area contributed by atoms with Crippen LogP contribution in [0, 0.1) is 0 Å². The molecule has 0 unspecified atom stereocenters. The van der Waals surface area contributed by atoms with E-state index in [2.05, 4.69) is 20.6 Å². The molecule has 0 radical (unpaired) electrons. The third-order valence-corrected chi connectivity index (χ3v) is 4.84. The van der Waals surface area contributed by atoms with Gasteiger partial charge < -0.3 is 24.1 Å². The molecule has 0 spiro atoms. The van der Waals surface area contributed by atoms with Crippen LogP contribution in [0.1, 0.15) is 54.3 Å². The largest absolute Gasteiger partial charge is 0.444 e. The molecule has 1 aromatic carbocycles. The molecule has 0 aliphatic rings. The zero-order valence-electron chi connectivity index (χ0n) is 22.5. The van der Waals surface area contributed by atoms with Crippen molar-refractivity contribution in [3.63, 3.8) is 0 Å². The third-order valence-electron chi connectivity index (χ3n) is 4.84. The van der Waals surface area contributed by atoms with Gasteiger partial charge in [0.15, 0.2) is 0 Å². The van der Waals surface area contributed by atoms with Crippen LogP contribution in [0.2, 0.25) is 0 Å². The summed E-state index contributed by atoms with van der Waals surface area (Å²) in [5, 5.41) is 6.49. The van der Waals surface area contributed by atoms with E-state index in [0.29, 0.717) is 26.3 Å². The first kappa shape index (κ1) is 27.9. The summed E-state index contributed by atoms with van der Waals surface area (Å²) in [6, 6.07) is 7.84. The molecule has 0 saturated heterocycles. The number of benzene rings is 1. The average molecular weight is 513 g/mol. The highest BCUT2D eigenvalue weighted by molar-refractivity contribution is 6.02. The molecule has 11 nitrogen and oxygen atoms in total. The van der Waals surface area contributed by atoms with Gasteiger partial charge in [0, 0.05) is 25.1 Å². The molecule has 3 rings (SSSR count). The number of aliphatic imine (C=N–C) groups is 1. The summed E-state index contributed by atoms with van der Waals surface area (Å²) in [4.78, 5) is 37.9. The summed E-state index contributed by atoms with van der Waals surface area (Å²) in [5.41, 5.74) is 1.07. The van der Waals surface area contributed by atoms with E-state index >= 15 is 0 Å². The summed E-state index contributed by atoms with van der Waals surface area (Å²) < 4.78 is 18.3. The van der Waals surface area contributed by atoms with E-state index in [4.69, 9.17) is 19.2 Å². The van der Waals surface area contributed by atoms with Crippen molar-refractivity contribution < 1.29 is 23.8 Å². The zero-order chi connectivity index (χ0) is 27.2. The van der Waals surface area contributed by atoms with Crippen molar-refractivity contribution in [1.82, 2.24) is 25.2 Å². The number of carbonyl (C=O) groups excluding carboxylic acids is 2. The first-order chi connectivity index (χ1) is 17.4. The number of para-hydroxylation sites is 1. The maximum absolute atomic E-state index is 12.4. The van der Waals surface area contributed by atoms with Gasteiger partial charge in [-0.3, -0.25) is 10.3 Å². The lowest BCUT2D eigenvalue weighted by atomic mass is 10.2. The minimum Gasteiger partial charge on any atom is -0.444 e. The molecular weight excluding hydrogens is 476 g/mol. The zero-order valence-corrected chi connectivity index (χ0v) is 22.5. The summed E-state index contributed by atoms with van der Waals surface area (Å²) in [5.74, 6) is 0.660. The number of nitrogens with one attached hydrogen (secondary N) is 2. The Morgan fingerprint density at radius 2 is 1.73 bits per heavy atom. The highest BCUT2D eigenvalue weighted by atomic mass is 16.6. The number of fused-ring (bicyclic) bond motifs is 3. The topological polar surface area (TPSA) is 129 Å². The molecule has 0 saturated carbocycles. The molecule has 37 heavy (non-hydrogen) atoms. The molecule has 0 bridgehead atoms. The van der Waals surface area contributed by atoms with Gasteiger partial charge in [-0.1, -0.05) is 18.2 Å². The lowest BCUT2D eigenvalue weighted by Crippen LogP contribution is -2.45. The molecule has 2 N–H and O–H groups in total. The summed E-state index contributed by atoms with van der Waals surface area (Å²) in [6.07, 6.45) is 0.161. The van der Waals surface area contributed by atoms with Gasteiger partial charge in [0.25, 0.3) is 0 Å². The van der Waals surface area contributed by atoms with Crippen LogP contribution in [-0.4, -0.2) is 57.0 Å². The Bertz CT molecular complexity index is 1290. The maximum atomic E-state index is 12.4. The smallest absolute Gasteiger partial charge is 0.437 e. The molecule has 0 fully saturated rings. The van der Waals surface area contributed by atoms with Crippen molar-refractivity contribution in [2.45, 2.75) is 72.8 Å². The number of guanidine groups is 1. The molecule has 3 aromatic rings. The number of hydrogen-bond acceptors (Lipinski definition) is 7. The maximum Gasteiger partial charge on any atom is 0.437 e. The van der Waals surface area contributed by atoms with Crippen molar-refractivity contribution in [2.24, 2.45) is 4.99 Å². The molecule has 0 atom stereocenters. The number of hydrogen-bond donors (Lipinski definition) is 2. The van der Waals surface area contributed by atoms with Crippen molar-refractivity contribution in [3.8, 4) is 0 Å². The number of nitrogens with zero attached hydrogens (tertiary/aromatic N) is 4. The first-order valence-corrected chi connectivity index (χ1v) is 12.2. The average Bonchev–Trinajstić information content (AvgIpc) is 3.12. The Balaban J connectivity index is 1.86. The minimum atomic E-state index is -0.840. The SMILES string of the molecule is CCOCc1nc2cnc3ccccc3c2n1CCNC(=NC(=O)OC(C)(C)C)NC(=O)OC(C)(C)C. The quantitative estimate of drug-likeness (QED) is 0.364. The fourth-order valence-corrected chi connectivity index (χ4v) is 3.53. The molecule has 0 aliphatic heterocycles. The molecule has 2 amide bonds. The van der Waals surface area contributed by atoms with E-state index in [1.807, 2.05) is 35.8 Å². The Hall–Kier alpha value is -3.73. The second-order valence-corrected chi connectivity index (χ2v) is 10.3. The molecule has 200 valence electrons. The fourth-order valence-electron chi connectivity index (χ4n) is 3.53. The lowest BCUT2D eigenvalue weighted by Gasteiger charge is -2.21. The Labute approximate surface area is 216 Å². The van der Waals surface area contributed by atoms with Gasteiger partial charge in [-0.2, -0.15) is 0 Å². The van der Waals surface area contributed by atoms with Crippen LogP contribution in [0.25, 0.3) is 21.9 Å². The van der Waals surface area contributed by atoms with Crippen LogP contribution in [0.15, 0.2) is 35.5 Å². The number of aromatic nitrogens is 3. The fraction of sp³-hybridized carbons (Fsp3) is 0.500. The van der Waals surface area contributed by atoms with Crippen LogP contribution in [0.4, 0.5) is 9.59 Å². The van der Waals surface area contributed by atoms with Crippen LogP contribution < -0.4 is 10.6 Å². The molecular formula is C26H36N6O5. The van der Waals surface area contributed by atoms with Gasteiger partial charge in [-0.05, 0) is 54.5 Å². The van der Waals surface area contributed by atoms with Crippen LogP contribution in [-0.2, 0) is 27.4 Å². The van der Waals surface area contributed by atoms with Gasteiger partial charge in [0.1, 0.15) is 29.2 Å². The van der Waals surface area contributed by atoms with Gasteiger partial charge in [0.05, 0.1) is 17.2 Å². The van der Waals surface area contributed by atoms with Gasteiger partial charge in [0.2, 0.25) is 5.96 Å². The number of alkyl carbamates (subject to hydrolysis) is 1. The van der Waals surface area contributed by atoms with E-state index < -0.39 is 23.4 Å². The van der Waals surface area contributed by atoms with Crippen molar-refractivity contribution >= 4 is 40.1 Å². The van der Waals surface area contributed by atoms with Crippen LogP contribution >= 0.6 is 0 Å². The highest BCUT2D eigenvalue weighted by Crippen LogP contribution is 2.25. The number of amides is 2. The van der Waals surface area contributed by atoms with E-state index in [9.17, 15) is 9.59 Å². The first-order valence-electron chi connectivity index (χ1n) is 12.2. The Kier molecular flexibility index (Phi) is 8.69. The Morgan fingerprint density at radius 1 is 1.03 bits per heavy atom. The van der Waals surface area contributed by atoms with Crippen molar-refractivity contribution in [3.05, 3.63) is 36.3 Å². The monoisotopic (exact) mass is 512 g/mol. The molecule has 2 aromatic heterocycles. The molecule has 11 heteroatoms. The summed E-state index contributed by atoms with van der Waals surface area (Å²) >= 11 is 0. The van der Waals surface area contributed by atoms with Crippen molar-refractivity contribution in [2.75, 3.05) is 13.2 Å². The number of ether oxygens (including phenoxy) is 3. The Morgan fingerprint density at radius 3 is 2.41 bits per heavy atom. The second-order valence-electron chi connectivity index (χ2n) is 10.3. The van der Waals surface area contributed by atoms with E-state index in [1.54, 1.807) is 47.7 Å². The van der Waals surface area contributed by atoms with E-state index in [0.717, 1.165) is 27.8 Å². The van der Waals surface area contributed by atoms with Gasteiger partial charge in [-0.15, -0.1) is 4.99 Å². The van der Waals surface area contributed by atoms with Crippen LogP contribution in [0.5, 0.6) is 0 Å². The number of imidazole rings is 1. The van der Waals surface area contributed by atoms with E-state index in [1.165, 1.54) is 0 Å². The van der Waals surface area contributed by atoms with Gasteiger partial charge in [-0.25, -0.2) is 14.6 Å². The predicted molar refractivity (Wildman–Crippen MR) is 141 cm³/mol. The highest BCUT2D eigenvalue weighted by Gasteiger charge is 2.21. The van der Waals surface area contributed by atoms with Crippen molar-refractivity contribution in [1.29, 1.82) is 0 Å². The third kappa shape index (κ3) is 8.14. The second kappa shape index (κ2) is 11.5.